The third kappa shape index (κ3) is 7.58. The molecule has 3 aliphatic rings. The molecule has 46 heavy (non-hydrogen) atoms. The van der Waals surface area contributed by atoms with E-state index >= 15 is 0 Å². The van der Waals surface area contributed by atoms with Gasteiger partial charge < -0.3 is 28.4 Å². The second-order valence-electron chi connectivity index (χ2n) is 12.5. The smallest absolute Gasteiger partial charge is 0.199 e. The van der Waals surface area contributed by atoms with Crippen LogP contribution in [0.15, 0.2) is 84.9 Å². The van der Waals surface area contributed by atoms with Crippen LogP contribution in [0.4, 0.5) is 0 Å². The molecule has 0 saturated carbocycles. The summed E-state index contributed by atoms with van der Waals surface area (Å²) >= 11 is 0. The SMILES string of the molecule is Cc1c(-c2ccc(OC3CCCCO3)cc2)cc(-c2ccc(OC3CCCCO3)cc2)cc1-c1ccc(OC2CCCCO2)cc1. The summed E-state index contributed by atoms with van der Waals surface area (Å²) in [7, 11) is 0. The van der Waals surface area contributed by atoms with Gasteiger partial charge in [-0.3, -0.25) is 0 Å². The van der Waals surface area contributed by atoms with E-state index < -0.39 is 0 Å². The Morgan fingerprint density at radius 2 is 0.783 bits per heavy atom. The standard InChI is InChI=1S/C40H44O6/c1-28-36(30-13-19-34(20-14-30)45-39-9-3-6-24-42-39)26-32(29-11-17-33(18-12-29)44-38-8-2-5-23-41-38)27-37(28)31-15-21-35(22-16-31)46-40-10-4-7-25-43-40/h11-22,26-27,38-40H,2-10,23-25H2,1H3. The molecule has 3 saturated heterocycles. The van der Waals surface area contributed by atoms with Crippen LogP contribution >= 0.6 is 0 Å². The van der Waals surface area contributed by atoms with Crippen molar-refractivity contribution in [1.82, 2.24) is 0 Å². The van der Waals surface area contributed by atoms with Crippen LogP contribution in [0, 0.1) is 6.92 Å². The lowest BCUT2D eigenvalue weighted by atomic mass is 9.88. The highest BCUT2D eigenvalue weighted by Crippen LogP contribution is 2.38. The molecule has 0 N–H and O–H groups in total. The van der Waals surface area contributed by atoms with Crippen LogP contribution in [0.1, 0.15) is 63.4 Å². The summed E-state index contributed by atoms with van der Waals surface area (Å²) in [5.74, 6) is 2.50. The molecule has 240 valence electrons. The molecule has 3 unspecified atom stereocenters. The van der Waals surface area contributed by atoms with Gasteiger partial charge in [-0.25, -0.2) is 0 Å². The van der Waals surface area contributed by atoms with Gasteiger partial charge in [-0.1, -0.05) is 36.4 Å². The van der Waals surface area contributed by atoms with Gasteiger partial charge in [-0.2, -0.15) is 0 Å². The largest absolute Gasteiger partial charge is 0.465 e. The number of hydrogen-bond acceptors (Lipinski definition) is 6. The zero-order valence-electron chi connectivity index (χ0n) is 26.7. The minimum atomic E-state index is -0.162. The third-order valence-corrected chi connectivity index (χ3v) is 9.14. The van der Waals surface area contributed by atoms with Crippen molar-refractivity contribution in [2.45, 2.75) is 83.6 Å². The van der Waals surface area contributed by atoms with E-state index in [1.807, 2.05) is 12.1 Å². The van der Waals surface area contributed by atoms with Gasteiger partial charge in [-0.15, -0.1) is 0 Å². The summed E-state index contributed by atoms with van der Waals surface area (Å²) in [5.41, 5.74) is 8.13. The van der Waals surface area contributed by atoms with Crippen LogP contribution in [0.5, 0.6) is 17.2 Å². The van der Waals surface area contributed by atoms with Gasteiger partial charge in [0.05, 0.1) is 19.8 Å². The average Bonchev–Trinajstić information content (AvgIpc) is 3.11. The Balaban J connectivity index is 1.18. The molecule has 7 rings (SSSR count). The van der Waals surface area contributed by atoms with Gasteiger partial charge in [-0.05, 0) is 133 Å². The first-order valence-electron chi connectivity index (χ1n) is 17.0. The van der Waals surface area contributed by atoms with Gasteiger partial charge in [0.25, 0.3) is 0 Å². The van der Waals surface area contributed by atoms with Crippen LogP contribution in [-0.4, -0.2) is 38.7 Å². The van der Waals surface area contributed by atoms with E-state index in [-0.39, 0.29) is 18.9 Å². The molecule has 0 radical (unpaired) electrons. The maximum absolute atomic E-state index is 6.13. The molecule has 3 atom stereocenters. The molecule has 6 heteroatoms. The summed E-state index contributed by atoms with van der Waals surface area (Å²) in [6.45, 7) is 4.50. The predicted molar refractivity (Wildman–Crippen MR) is 180 cm³/mol. The zero-order valence-corrected chi connectivity index (χ0v) is 26.7. The van der Waals surface area contributed by atoms with E-state index in [0.717, 1.165) is 117 Å². The van der Waals surface area contributed by atoms with E-state index in [2.05, 4.69) is 79.7 Å². The normalized spacial score (nSPS) is 21.8. The second kappa shape index (κ2) is 14.7. The first-order valence-corrected chi connectivity index (χ1v) is 17.0. The van der Waals surface area contributed by atoms with Crippen LogP contribution in [-0.2, 0) is 14.2 Å². The van der Waals surface area contributed by atoms with E-state index in [1.165, 1.54) is 16.7 Å². The second-order valence-corrected chi connectivity index (χ2v) is 12.5. The first kappa shape index (κ1) is 30.8. The average molecular weight is 621 g/mol. The van der Waals surface area contributed by atoms with Crippen LogP contribution in [0.2, 0.25) is 0 Å². The highest BCUT2D eigenvalue weighted by Gasteiger charge is 2.19. The quantitative estimate of drug-likeness (QED) is 0.186. The highest BCUT2D eigenvalue weighted by molar-refractivity contribution is 5.85. The minimum absolute atomic E-state index is 0.162. The molecule has 0 aromatic heterocycles. The Labute approximate surface area is 272 Å². The number of benzene rings is 4. The molecular weight excluding hydrogens is 576 g/mol. The zero-order chi connectivity index (χ0) is 31.1. The minimum Gasteiger partial charge on any atom is -0.465 e. The molecule has 0 aliphatic carbocycles. The fourth-order valence-electron chi connectivity index (χ4n) is 6.50. The van der Waals surface area contributed by atoms with Crippen molar-refractivity contribution in [1.29, 1.82) is 0 Å². The monoisotopic (exact) mass is 620 g/mol. The Morgan fingerprint density at radius 3 is 1.11 bits per heavy atom. The van der Waals surface area contributed by atoms with E-state index in [1.54, 1.807) is 0 Å². The van der Waals surface area contributed by atoms with E-state index in [4.69, 9.17) is 28.4 Å². The molecule has 3 heterocycles. The lowest BCUT2D eigenvalue weighted by Gasteiger charge is -2.24. The number of hydrogen-bond donors (Lipinski definition) is 0. The summed E-state index contributed by atoms with van der Waals surface area (Å²) in [6, 6.07) is 29.8. The topological polar surface area (TPSA) is 55.4 Å². The molecule has 3 fully saturated rings. The fraction of sp³-hybridized carbons (Fsp3) is 0.400. The van der Waals surface area contributed by atoms with E-state index in [9.17, 15) is 0 Å². The van der Waals surface area contributed by atoms with Gasteiger partial charge in [0, 0.05) is 19.3 Å². The van der Waals surface area contributed by atoms with Crippen molar-refractivity contribution < 1.29 is 28.4 Å². The predicted octanol–water partition coefficient (Wildman–Crippen LogP) is 9.71. The van der Waals surface area contributed by atoms with Crippen molar-refractivity contribution >= 4 is 0 Å². The Bertz CT molecular complexity index is 1460. The molecule has 0 bridgehead atoms. The molecule has 3 aliphatic heterocycles. The lowest BCUT2D eigenvalue weighted by molar-refractivity contribution is -0.106. The third-order valence-electron chi connectivity index (χ3n) is 9.14. The highest BCUT2D eigenvalue weighted by atomic mass is 16.7. The molecule has 4 aromatic carbocycles. The number of rotatable bonds is 9. The van der Waals surface area contributed by atoms with Crippen molar-refractivity contribution in [3.05, 3.63) is 90.5 Å². The molecule has 6 nitrogen and oxygen atoms in total. The fourth-order valence-corrected chi connectivity index (χ4v) is 6.50. The van der Waals surface area contributed by atoms with E-state index in [0.29, 0.717) is 0 Å². The van der Waals surface area contributed by atoms with Crippen molar-refractivity contribution in [2.24, 2.45) is 0 Å². The number of ether oxygens (including phenoxy) is 6. The van der Waals surface area contributed by atoms with Crippen molar-refractivity contribution in [3.8, 4) is 50.6 Å². The Kier molecular flexibility index (Phi) is 9.85. The van der Waals surface area contributed by atoms with Crippen molar-refractivity contribution in [2.75, 3.05) is 19.8 Å². The van der Waals surface area contributed by atoms with Gasteiger partial charge in [0.1, 0.15) is 17.2 Å². The summed E-state index contributed by atoms with van der Waals surface area (Å²) in [5, 5.41) is 0. The Hall–Kier alpha value is -3.84. The van der Waals surface area contributed by atoms with Gasteiger partial charge in [0.2, 0.25) is 0 Å². The molecule has 0 amide bonds. The van der Waals surface area contributed by atoms with Gasteiger partial charge >= 0.3 is 0 Å². The summed E-state index contributed by atoms with van der Waals surface area (Å²) < 4.78 is 35.8. The van der Waals surface area contributed by atoms with Crippen molar-refractivity contribution in [3.63, 3.8) is 0 Å². The maximum atomic E-state index is 6.13. The molecular formula is C40H44O6. The Morgan fingerprint density at radius 1 is 0.435 bits per heavy atom. The maximum Gasteiger partial charge on any atom is 0.199 e. The lowest BCUT2D eigenvalue weighted by Crippen LogP contribution is -2.24. The van der Waals surface area contributed by atoms with Crippen LogP contribution in [0.25, 0.3) is 33.4 Å². The van der Waals surface area contributed by atoms with Crippen LogP contribution in [0.3, 0.4) is 0 Å². The van der Waals surface area contributed by atoms with Gasteiger partial charge in [0.15, 0.2) is 18.9 Å². The molecule has 4 aromatic rings. The first-order chi connectivity index (χ1) is 22.7. The summed E-state index contributed by atoms with van der Waals surface area (Å²) in [4.78, 5) is 0. The summed E-state index contributed by atoms with van der Waals surface area (Å²) in [6.07, 6.45) is 9.04. The molecule has 0 spiro atoms. The van der Waals surface area contributed by atoms with Crippen LogP contribution < -0.4 is 14.2 Å².